The molecule has 0 fully saturated rings. The summed E-state index contributed by atoms with van der Waals surface area (Å²) < 4.78 is 14.4. The van der Waals surface area contributed by atoms with Gasteiger partial charge in [0.1, 0.15) is 6.79 Å². The third-order valence-corrected chi connectivity index (χ3v) is 0.953. The highest BCUT2D eigenvalue weighted by atomic mass is 16.6. The molecule has 0 amide bonds. The van der Waals surface area contributed by atoms with Gasteiger partial charge in [-0.25, -0.2) is 0 Å². The molecule has 0 rings (SSSR count). The molecule has 0 aromatic heterocycles. The Hall–Kier alpha value is -0.200. The third-order valence-electron chi connectivity index (χ3n) is 0.953. The molecule has 0 unspecified atom stereocenters. The molecule has 0 bridgehead atoms. The van der Waals surface area contributed by atoms with E-state index in [0.717, 1.165) is 0 Å². The van der Waals surface area contributed by atoms with Crippen molar-refractivity contribution in [2.45, 2.75) is 0 Å². The first kappa shape index (κ1) is 10.8. The van der Waals surface area contributed by atoms with Crippen LogP contribution in [0.1, 0.15) is 0 Å². The van der Waals surface area contributed by atoms with Crippen molar-refractivity contribution in [1.82, 2.24) is 0 Å². The second-order valence-corrected chi connectivity index (χ2v) is 1.72. The Bertz CT molecular complexity index is 63.6. The molecule has 0 aliphatic heterocycles. The van der Waals surface area contributed by atoms with Crippen molar-refractivity contribution in [2.24, 2.45) is 5.73 Å². The number of ether oxygens (including phenoxy) is 3. The van der Waals surface area contributed by atoms with E-state index < -0.39 is 0 Å². The summed E-state index contributed by atoms with van der Waals surface area (Å²) in [5.74, 6) is 0. The molecule has 0 saturated heterocycles. The minimum atomic E-state index is -0.261. The Balaban J connectivity index is 2.69. The Morgan fingerprint density at radius 1 is 0.909 bits per heavy atom. The molecule has 0 aromatic carbocycles. The third kappa shape index (κ3) is 9.80. The molecular weight excluding hydrogens is 150 g/mol. The predicted octanol–water partition coefficient (Wildman–Crippen LogP) is -1.10. The number of aliphatic hydroxyl groups excluding tert-OH is 1. The fourth-order valence-corrected chi connectivity index (χ4v) is 0.486. The largest absolute Gasteiger partial charge is 0.377 e. The molecule has 68 valence electrons. The second kappa shape index (κ2) is 9.80. The zero-order valence-corrected chi connectivity index (χ0v) is 6.49. The maximum Gasteiger partial charge on any atom is 0.143 e. The standard InChI is InChI=1S/C6H15NO4/c7-5-10-3-1-9-2-4-11-6-8/h8H,1-7H2. The van der Waals surface area contributed by atoms with E-state index in [0.29, 0.717) is 26.4 Å². The number of nitrogens with two attached hydrogens (primary N) is 1. The van der Waals surface area contributed by atoms with Gasteiger partial charge < -0.3 is 25.1 Å². The minimum Gasteiger partial charge on any atom is -0.377 e. The zero-order chi connectivity index (χ0) is 8.36. The summed E-state index contributed by atoms with van der Waals surface area (Å²) >= 11 is 0. The Morgan fingerprint density at radius 2 is 1.45 bits per heavy atom. The quantitative estimate of drug-likeness (QED) is 0.353. The molecule has 0 radical (unpaired) electrons. The van der Waals surface area contributed by atoms with Gasteiger partial charge in [-0.05, 0) is 0 Å². The van der Waals surface area contributed by atoms with Crippen molar-refractivity contribution in [1.29, 1.82) is 0 Å². The van der Waals surface area contributed by atoms with Gasteiger partial charge in [0.15, 0.2) is 0 Å². The molecule has 0 atom stereocenters. The fraction of sp³-hybridized carbons (Fsp3) is 1.00. The van der Waals surface area contributed by atoms with E-state index in [1.165, 1.54) is 0 Å². The van der Waals surface area contributed by atoms with Gasteiger partial charge in [-0.3, -0.25) is 0 Å². The van der Waals surface area contributed by atoms with Crippen molar-refractivity contribution in [3.05, 3.63) is 0 Å². The van der Waals surface area contributed by atoms with Crippen LogP contribution in [0.4, 0.5) is 0 Å². The van der Waals surface area contributed by atoms with Crippen LogP contribution in [0.25, 0.3) is 0 Å². The summed E-state index contributed by atoms with van der Waals surface area (Å²) in [5, 5.41) is 8.19. The normalized spacial score (nSPS) is 10.4. The maximum absolute atomic E-state index is 8.19. The highest BCUT2D eigenvalue weighted by Crippen LogP contribution is 1.78. The topological polar surface area (TPSA) is 73.9 Å². The average molecular weight is 165 g/mol. The van der Waals surface area contributed by atoms with Gasteiger partial charge in [-0.15, -0.1) is 0 Å². The zero-order valence-electron chi connectivity index (χ0n) is 6.49. The van der Waals surface area contributed by atoms with Crippen LogP contribution in [-0.2, 0) is 14.2 Å². The van der Waals surface area contributed by atoms with Gasteiger partial charge in [-0.1, -0.05) is 0 Å². The van der Waals surface area contributed by atoms with Gasteiger partial charge in [0.2, 0.25) is 0 Å². The molecule has 5 nitrogen and oxygen atoms in total. The van der Waals surface area contributed by atoms with Gasteiger partial charge in [0.05, 0.1) is 33.2 Å². The minimum absolute atomic E-state index is 0.219. The molecular formula is C6H15NO4. The molecule has 3 N–H and O–H groups in total. The second-order valence-electron chi connectivity index (χ2n) is 1.72. The first-order valence-corrected chi connectivity index (χ1v) is 3.46. The van der Waals surface area contributed by atoms with Crippen molar-refractivity contribution >= 4 is 0 Å². The Kier molecular flexibility index (Phi) is 9.62. The average Bonchev–Trinajstić information content (AvgIpc) is 2.03. The van der Waals surface area contributed by atoms with Crippen LogP contribution in [0.2, 0.25) is 0 Å². The summed E-state index contributed by atoms with van der Waals surface area (Å²) in [6.45, 7) is 1.83. The lowest BCUT2D eigenvalue weighted by Crippen LogP contribution is -2.12. The van der Waals surface area contributed by atoms with E-state index in [-0.39, 0.29) is 13.5 Å². The van der Waals surface area contributed by atoms with Crippen LogP contribution in [0.15, 0.2) is 0 Å². The van der Waals surface area contributed by atoms with Crippen LogP contribution < -0.4 is 5.73 Å². The molecule has 0 aliphatic rings. The van der Waals surface area contributed by atoms with Crippen LogP contribution in [0.3, 0.4) is 0 Å². The van der Waals surface area contributed by atoms with E-state index >= 15 is 0 Å². The highest BCUT2D eigenvalue weighted by Gasteiger charge is 1.87. The van der Waals surface area contributed by atoms with E-state index in [9.17, 15) is 0 Å². The summed E-state index contributed by atoms with van der Waals surface area (Å²) in [6.07, 6.45) is 0. The number of rotatable bonds is 8. The van der Waals surface area contributed by atoms with Crippen molar-refractivity contribution in [3.8, 4) is 0 Å². The van der Waals surface area contributed by atoms with Crippen LogP contribution in [0.5, 0.6) is 0 Å². The number of aliphatic hydroxyl groups is 1. The monoisotopic (exact) mass is 165 g/mol. The summed E-state index contributed by atoms with van der Waals surface area (Å²) in [6, 6.07) is 0. The lowest BCUT2D eigenvalue weighted by Gasteiger charge is -2.03. The van der Waals surface area contributed by atoms with Crippen molar-refractivity contribution in [2.75, 3.05) is 40.0 Å². The van der Waals surface area contributed by atoms with Gasteiger partial charge >= 0.3 is 0 Å². The van der Waals surface area contributed by atoms with Crippen molar-refractivity contribution < 1.29 is 19.3 Å². The van der Waals surface area contributed by atoms with Crippen LogP contribution >= 0.6 is 0 Å². The summed E-state index contributed by atoms with van der Waals surface area (Å²) in [4.78, 5) is 0. The maximum atomic E-state index is 8.19. The van der Waals surface area contributed by atoms with Crippen molar-refractivity contribution in [3.63, 3.8) is 0 Å². The molecule has 0 aromatic rings. The Morgan fingerprint density at radius 3 is 2.00 bits per heavy atom. The van der Waals surface area contributed by atoms with E-state index in [2.05, 4.69) is 4.74 Å². The summed E-state index contributed by atoms with van der Waals surface area (Å²) in [7, 11) is 0. The smallest absolute Gasteiger partial charge is 0.143 e. The molecule has 0 heterocycles. The van der Waals surface area contributed by atoms with Gasteiger partial charge in [0, 0.05) is 0 Å². The molecule has 11 heavy (non-hydrogen) atoms. The first-order valence-electron chi connectivity index (χ1n) is 3.46. The lowest BCUT2D eigenvalue weighted by molar-refractivity contribution is -0.0364. The van der Waals surface area contributed by atoms with Crippen LogP contribution in [-0.4, -0.2) is 45.1 Å². The highest BCUT2D eigenvalue weighted by molar-refractivity contribution is 4.29. The molecule has 0 spiro atoms. The number of hydrogen-bond acceptors (Lipinski definition) is 5. The Labute approximate surface area is 66.0 Å². The molecule has 0 aliphatic carbocycles. The summed E-state index contributed by atoms with van der Waals surface area (Å²) in [5.41, 5.74) is 5.06. The van der Waals surface area contributed by atoms with Crippen LogP contribution in [0, 0.1) is 0 Å². The van der Waals surface area contributed by atoms with Gasteiger partial charge in [-0.2, -0.15) is 0 Å². The first-order chi connectivity index (χ1) is 5.41. The SMILES string of the molecule is NCOCCOCCOCO. The predicted molar refractivity (Wildman–Crippen MR) is 38.9 cm³/mol. The van der Waals surface area contributed by atoms with E-state index in [4.69, 9.17) is 20.3 Å². The molecule has 5 heteroatoms. The van der Waals surface area contributed by atoms with E-state index in [1.54, 1.807) is 0 Å². The fourth-order valence-electron chi connectivity index (χ4n) is 0.486. The van der Waals surface area contributed by atoms with E-state index in [1.807, 2.05) is 0 Å². The molecule has 0 saturated carbocycles. The van der Waals surface area contributed by atoms with Gasteiger partial charge in [0.25, 0.3) is 0 Å². The lowest BCUT2D eigenvalue weighted by atomic mass is 10.7. The number of hydrogen-bond donors (Lipinski definition) is 2.